The highest BCUT2D eigenvalue weighted by atomic mass is 16.2. The number of H-pyrrole nitrogens is 1. The number of nitrogens with one attached hydrogen (secondary N) is 1. The first-order valence-electron chi connectivity index (χ1n) is 5.25. The molecule has 1 saturated carbocycles. The Kier molecular flexibility index (Phi) is 2.78. The second kappa shape index (κ2) is 4.09. The average molecular weight is 222 g/mol. The highest BCUT2D eigenvalue weighted by Gasteiger charge is 2.26. The number of nitrogens with zero attached hydrogens (tertiary/aromatic N) is 1. The minimum atomic E-state index is -0.385. The van der Waals surface area contributed by atoms with E-state index in [1.165, 1.54) is 4.57 Å². The van der Waals surface area contributed by atoms with Gasteiger partial charge in [-0.3, -0.25) is 14.3 Å². The Morgan fingerprint density at radius 3 is 2.94 bits per heavy atom. The van der Waals surface area contributed by atoms with Crippen molar-refractivity contribution >= 4 is 0 Å². The number of hydrogen-bond acceptors (Lipinski definition) is 3. The zero-order valence-corrected chi connectivity index (χ0v) is 9.06. The third kappa shape index (κ3) is 1.74. The van der Waals surface area contributed by atoms with E-state index < -0.39 is 0 Å². The zero-order chi connectivity index (χ0) is 11.7. The molecule has 1 fully saturated rings. The summed E-state index contributed by atoms with van der Waals surface area (Å²) < 4.78 is 1.53. The van der Waals surface area contributed by atoms with Gasteiger partial charge in [0.05, 0.1) is 12.6 Å². The van der Waals surface area contributed by atoms with E-state index in [4.69, 9.17) is 5.11 Å². The molecule has 5 heteroatoms. The number of hydrogen-bond donors (Lipinski definition) is 2. The number of aliphatic hydroxyl groups is 1. The Morgan fingerprint density at radius 1 is 1.62 bits per heavy atom. The van der Waals surface area contributed by atoms with Gasteiger partial charge < -0.3 is 5.11 Å². The molecule has 86 valence electrons. The van der Waals surface area contributed by atoms with Gasteiger partial charge in [0.15, 0.2) is 0 Å². The molecule has 2 rings (SSSR count). The predicted molar refractivity (Wildman–Crippen MR) is 59.5 cm³/mol. The van der Waals surface area contributed by atoms with Crippen LogP contribution in [0.1, 0.15) is 24.4 Å². The second-order valence-corrected chi connectivity index (χ2v) is 3.99. The van der Waals surface area contributed by atoms with Gasteiger partial charge in [-0.2, -0.15) is 0 Å². The number of aromatic nitrogens is 2. The van der Waals surface area contributed by atoms with Gasteiger partial charge in [0, 0.05) is 11.8 Å². The van der Waals surface area contributed by atoms with Crippen LogP contribution in [0.2, 0.25) is 0 Å². The van der Waals surface area contributed by atoms with Crippen molar-refractivity contribution in [2.75, 3.05) is 6.61 Å². The minimum Gasteiger partial charge on any atom is -0.392 e. The van der Waals surface area contributed by atoms with Gasteiger partial charge in [0.25, 0.3) is 5.56 Å². The van der Waals surface area contributed by atoms with Crippen LogP contribution in [0.15, 0.2) is 27.4 Å². The van der Waals surface area contributed by atoms with E-state index in [1.807, 2.05) is 0 Å². The largest absolute Gasteiger partial charge is 0.392 e. The average Bonchev–Trinajstić information content (AvgIpc) is 2.21. The molecule has 0 spiro atoms. The number of rotatable bonds is 2. The van der Waals surface area contributed by atoms with Crippen molar-refractivity contribution in [3.63, 3.8) is 0 Å². The van der Waals surface area contributed by atoms with Gasteiger partial charge in [0.1, 0.15) is 0 Å². The van der Waals surface area contributed by atoms with Crippen LogP contribution < -0.4 is 11.2 Å². The van der Waals surface area contributed by atoms with Crippen molar-refractivity contribution in [2.24, 2.45) is 0 Å². The van der Waals surface area contributed by atoms with Gasteiger partial charge in [-0.25, -0.2) is 4.79 Å². The third-order valence-electron chi connectivity index (χ3n) is 2.97. The molecular weight excluding hydrogens is 208 g/mol. The maximum absolute atomic E-state index is 11.6. The molecule has 1 aromatic rings. The molecule has 1 unspecified atom stereocenters. The van der Waals surface area contributed by atoms with Crippen LogP contribution in [0.5, 0.6) is 0 Å². The highest BCUT2D eigenvalue weighted by Crippen LogP contribution is 2.36. The fraction of sp³-hybridized carbons (Fsp3) is 0.455. The smallest absolute Gasteiger partial charge is 0.328 e. The number of aryl methyl sites for hydroxylation is 1. The first kappa shape index (κ1) is 10.9. The Morgan fingerprint density at radius 2 is 2.38 bits per heavy atom. The lowest BCUT2D eigenvalue weighted by Crippen LogP contribution is -2.36. The summed E-state index contributed by atoms with van der Waals surface area (Å²) in [5.74, 6) is 0. The van der Waals surface area contributed by atoms with Crippen LogP contribution in [-0.2, 0) is 0 Å². The van der Waals surface area contributed by atoms with Crippen molar-refractivity contribution in [2.45, 2.75) is 25.8 Å². The minimum absolute atomic E-state index is 0.00444. The molecule has 0 aromatic carbocycles. The van der Waals surface area contributed by atoms with Crippen LogP contribution >= 0.6 is 0 Å². The van der Waals surface area contributed by atoms with Crippen LogP contribution in [0.25, 0.3) is 0 Å². The van der Waals surface area contributed by atoms with Crippen LogP contribution in [0.4, 0.5) is 0 Å². The zero-order valence-electron chi connectivity index (χ0n) is 9.06. The summed E-state index contributed by atoms with van der Waals surface area (Å²) in [6, 6.07) is -0.00444. The fourth-order valence-corrected chi connectivity index (χ4v) is 1.93. The number of allylic oxidation sites excluding steroid dienone is 1. The summed E-state index contributed by atoms with van der Waals surface area (Å²) in [6.45, 7) is 1.66. The van der Waals surface area contributed by atoms with Gasteiger partial charge >= 0.3 is 5.69 Å². The summed E-state index contributed by atoms with van der Waals surface area (Å²) in [4.78, 5) is 25.1. The molecule has 2 N–H and O–H groups in total. The topological polar surface area (TPSA) is 75.1 Å². The maximum atomic E-state index is 11.6. The van der Waals surface area contributed by atoms with Gasteiger partial charge in [-0.15, -0.1) is 0 Å². The summed E-state index contributed by atoms with van der Waals surface area (Å²) in [7, 11) is 0. The Bertz CT molecular complexity index is 539. The van der Waals surface area contributed by atoms with Gasteiger partial charge in [-0.1, -0.05) is 6.08 Å². The molecule has 0 amide bonds. The molecule has 1 aliphatic rings. The molecule has 1 atom stereocenters. The van der Waals surface area contributed by atoms with Gasteiger partial charge in [-0.05, 0) is 25.3 Å². The van der Waals surface area contributed by atoms with E-state index in [1.54, 1.807) is 19.2 Å². The molecule has 0 radical (unpaired) electrons. The molecule has 1 aromatic heterocycles. The Hall–Kier alpha value is -1.62. The quantitative estimate of drug-likeness (QED) is 0.697. The van der Waals surface area contributed by atoms with Crippen molar-refractivity contribution in [1.82, 2.24) is 9.55 Å². The van der Waals surface area contributed by atoms with Crippen molar-refractivity contribution in [1.29, 1.82) is 0 Å². The third-order valence-corrected chi connectivity index (χ3v) is 2.97. The lowest BCUT2D eigenvalue weighted by atomic mass is 9.85. The molecule has 0 bridgehead atoms. The Balaban J connectivity index is 2.42. The molecule has 16 heavy (non-hydrogen) atoms. The Labute approximate surface area is 92.1 Å². The predicted octanol–water partition coefficient (Wildman–Crippen LogP) is 0.0986. The van der Waals surface area contributed by atoms with Crippen molar-refractivity contribution in [3.05, 3.63) is 44.2 Å². The van der Waals surface area contributed by atoms with Crippen molar-refractivity contribution in [3.8, 4) is 0 Å². The standard InChI is InChI=1S/C11H14N2O3/c1-7-6-13(11(16)12-10(7)15)9-3-2-8(9)4-5-14/h4,6,9,14H,2-3,5H2,1H3,(H,12,15,16)/b8-4+. The SMILES string of the molecule is Cc1cn(C2CC/C2=C\CO)c(=O)[nH]c1=O. The summed E-state index contributed by atoms with van der Waals surface area (Å²) in [5, 5.41) is 8.81. The molecule has 5 nitrogen and oxygen atoms in total. The van der Waals surface area contributed by atoms with Crippen molar-refractivity contribution < 1.29 is 5.11 Å². The second-order valence-electron chi connectivity index (χ2n) is 3.99. The molecule has 0 aliphatic heterocycles. The molecule has 1 aliphatic carbocycles. The molecule has 0 saturated heterocycles. The lowest BCUT2D eigenvalue weighted by Gasteiger charge is -2.31. The monoisotopic (exact) mass is 222 g/mol. The first-order valence-corrected chi connectivity index (χ1v) is 5.25. The summed E-state index contributed by atoms with van der Waals surface area (Å²) >= 11 is 0. The van der Waals surface area contributed by atoms with E-state index in [0.717, 1.165) is 18.4 Å². The van der Waals surface area contributed by atoms with Crippen LogP contribution in [0, 0.1) is 6.92 Å². The highest BCUT2D eigenvalue weighted by molar-refractivity contribution is 5.19. The molecular formula is C11H14N2O3. The van der Waals surface area contributed by atoms with E-state index in [-0.39, 0.29) is 23.9 Å². The van der Waals surface area contributed by atoms with Gasteiger partial charge in [0.2, 0.25) is 0 Å². The maximum Gasteiger partial charge on any atom is 0.328 e. The fourth-order valence-electron chi connectivity index (χ4n) is 1.93. The van der Waals surface area contributed by atoms with E-state index in [2.05, 4.69) is 4.98 Å². The summed E-state index contributed by atoms with van der Waals surface area (Å²) in [5.41, 5.74) is 0.850. The van der Waals surface area contributed by atoms with E-state index >= 15 is 0 Å². The summed E-state index contributed by atoms with van der Waals surface area (Å²) in [6.07, 6.45) is 5.07. The van der Waals surface area contributed by atoms with E-state index in [9.17, 15) is 9.59 Å². The molecule has 1 heterocycles. The number of aromatic amines is 1. The first-order chi connectivity index (χ1) is 7.63. The van der Waals surface area contributed by atoms with Crippen LogP contribution in [0.3, 0.4) is 0 Å². The normalized spacial score (nSPS) is 22.1. The van der Waals surface area contributed by atoms with E-state index in [0.29, 0.717) is 5.56 Å². The lowest BCUT2D eigenvalue weighted by molar-refractivity contribution is 0.332. The number of aliphatic hydroxyl groups excluding tert-OH is 1. The van der Waals surface area contributed by atoms with Crippen LogP contribution in [-0.4, -0.2) is 21.3 Å².